The van der Waals surface area contributed by atoms with Crippen LogP contribution in [0.4, 0.5) is 44.3 Å². The summed E-state index contributed by atoms with van der Waals surface area (Å²) in [5, 5.41) is 0. The van der Waals surface area contributed by atoms with E-state index >= 15 is 0 Å². The van der Waals surface area contributed by atoms with Gasteiger partial charge in [-0.2, -0.15) is 39.5 Å². The van der Waals surface area contributed by atoms with Crippen LogP contribution in [0.25, 0.3) is 0 Å². The fourth-order valence-corrected chi connectivity index (χ4v) is 5.71. The van der Waals surface area contributed by atoms with Crippen LogP contribution in [-0.2, 0) is 34.5 Å². The van der Waals surface area contributed by atoms with E-state index in [1.165, 1.54) is 20.1 Å². The van der Waals surface area contributed by atoms with Gasteiger partial charge >= 0.3 is 24.6 Å². The minimum absolute atomic E-state index is 0.00125. The van der Waals surface area contributed by atoms with Crippen molar-refractivity contribution in [2.45, 2.75) is 82.4 Å². The Morgan fingerprint density at radius 3 is 1.93 bits per heavy atom. The van der Waals surface area contributed by atoms with E-state index < -0.39 is 71.7 Å². The first-order valence-corrected chi connectivity index (χ1v) is 13.0. The number of hydrogen-bond acceptors (Lipinski definition) is 3. The van der Waals surface area contributed by atoms with Crippen LogP contribution >= 0.6 is 0 Å². The van der Waals surface area contributed by atoms with E-state index in [0.717, 1.165) is 49.1 Å². The molecule has 0 spiro atoms. The maximum Gasteiger partial charge on any atom is 0.416 e. The van der Waals surface area contributed by atoms with Crippen LogP contribution in [0.5, 0.6) is 0 Å². The van der Waals surface area contributed by atoms with Crippen molar-refractivity contribution in [1.82, 2.24) is 4.90 Å². The van der Waals surface area contributed by atoms with Gasteiger partial charge in [0.05, 0.1) is 28.8 Å². The highest BCUT2D eigenvalue weighted by Crippen LogP contribution is 2.45. The molecule has 13 heteroatoms. The minimum Gasteiger partial charge on any atom is -0.439 e. The summed E-state index contributed by atoms with van der Waals surface area (Å²) in [7, 11) is 1.43. The highest BCUT2D eigenvalue weighted by molar-refractivity contribution is 5.71. The molecule has 3 atom stereocenters. The van der Waals surface area contributed by atoms with Crippen LogP contribution in [0.15, 0.2) is 36.4 Å². The maximum atomic E-state index is 13.7. The van der Waals surface area contributed by atoms with Crippen molar-refractivity contribution in [3.63, 3.8) is 0 Å². The molecule has 1 unspecified atom stereocenters. The average molecular weight is 598 g/mol. The number of rotatable bonds is 6. The Kier molecular flexibility index (Phi) is 8.60. The fraction of sp³-hybridized carbons (Fsp3) is 0.536. The number of ether oxygens (including phenoxy) is 2. The zero-order valence-corrected chi connectivity index (χ0v) is 22.1. The highest BCUT2D eigenvalue weighted by Gasteiger charge is 2.44. The molecule has 2 aliphatic rings. The number of amides is 1. The lowest BCUT2D eigenvalue weighted by molar-refractivity contribution is -0.143. The third-order valence-electron chi connectivity index (χ3n) is 7.75. The van der Waals surface area contributed by atoms with Gasteiger partial charge in [0, 0.05) is 19.2 Å². The first kappa shape index (κ1) is 31.0. The van der Waals surface area contributed by atoms with Gasteiger partial charge in [0.1, 0.15) is 6.10 Å². The van der Waals surface area contributed by atoms with Gasteiger partial charge in [-0.1, -0.05) is 25.3 Å². The Hall–Kier alpha value is -2.96. The number of carbonyl (C=O) groups is 1. The van der Waals surface area contributed by atoms with Crippen molar-refractivity contribution in [1.29, 1.82) is 0 Å². The van der Waals surface area contributed by atoms with E-state index in [9.17, 15) is 44.3 Å². The van der Waals surface area contributed by atoms with Crippen molar-refractivity contribution >= 4 is 6.09 Å². The van der Waals surface area contributed by atoms with Crippen LogP contribution in [0, 0.1) is 5.92 Å². The Bertz CT molecular complexity index is 1220. The number of nitrogens with zero attached hydrogens (tertiary/aromatic N) is 1. The number of hydrogen-bond donors (Lipinski definition) is 0. The number of benzene rings is 2. The molecular weight excluding hydrogens is 569 g/mol. The number of cyclic esters (lactones) is 1. The third-order valence-corrected chi connectivity index (χ3v) is 7.75. The molecule has 4 rings (SSSR count). The molecule has 1 saturated heterocycles. The predicted octanol–water partition coefficient (Wildman–Crippen LogP) is 9.09. The molecule has 4 nitrogen and oxygen atoms in total. The molecule has 1 aliphatic carbocycles. The predicted molar refractivity (Wildman–Crippen MR) is 128 cm³/mol. The average Bonchev–Trinajstić information content (AvgIpc) is 3.16. The summed E-state index contributed by atoms with van der Waals surface area (Å²) in [6.07, 6.45) is -13.5. The highest BCUT2D eigenvalue weighted by atomic mass is 19.4. The van der Waals surface area contributed by atoms with Crippen molar-refractivity contribution in [2.75, 3.05) is 7.11 Å². The van der Waals surface area contributed by atoms with Crippen LogP contribution in [-0.4, -0.2) is 24.1 Å². The lowest BCUT2D eigenvalue weighted by Gasteiger charge is -2.32. The second-order valence-electron chi connectivity index (χ2n) is 10.5. The molecule has 0 bridgehead atoms. The second kappa shape index (κ2) is 11.4. The molecule has 1 aliphatic heterocycles. The molecule has 1 saturated carbocycles. The summed E-state index contributed by atoms with van der Waals surface area (Å²) in [5.41, 5.74) is -4.13. The lowest BCUT2D eigenvalue weighted by Crippen LogP contribution is -2.32. The number of alkyl halides is 9. The van der Waals surface area contributed by atoms with Gasteiger partial charge in [-0.15, -0.1) is 0 Å². The topological polar surface area (TPSA) is 38.8 Å². The Morgan fingerprint density at radius 1 is 0.854 bits per heavy atom. The van der Waals surface area contributed by atoms with Gasteiger partial charge in [0.2, 0.25) is 0 Å². The molecule has 1 heterocycles. The summed E-state index contributed by atoms with van der Waals surface area (Å²) in [6, 6.07) is 3.01. The maximum absolute atomic E-state index is 13.7. The smallest absolute Gasteiger partial charge is 0.416 e. The molecule has 1 amide bonds. The van der Waals surface area contributed by atoms with E-state index in [2.05, 4.69) is 0 Å². The summed E-state index contributed by atoms with van der Waals surface area (Å²) >= 11 is 0. The van der Waals surface area contributed by atoms with Gasteiger partial charge < -0.3 is 9.47 Å². The van der Waals surface area contributed by atoms with Crippen molar-refractivity contribution in [2.24, 2.45) is 5.92 Å². The van der Waals surface area contributed by atoms with Gasteiger partial charge in [-0.3, -0.25) is 4.90 Å². The van der Waals surface area contributed by atoms with Crippen molar-refractivity contribution in [3.05, 3.63) is 69.8 Å². The largest absolute Gasteiger partial charge is 0.439 e. The first-order chi connectivity index (χ1) is 19.0. The Morgan fingerprint density at radius 2 is 1.41 bits per heavy atom. The molecule has 2 aromatic rings. The van der Waals surface area contributed by atoms with E-state index in [1.54, 1.807) is 0 Å². The molecule has 2 aromatic carbocycles. The standard InChI is InChI=1S/C28H28F9NO3/c1-15-23(22-13-18(26(29,30)31)8-9-21(22)24(40-2)17-6-4-3-5-7-17)41-25(39)38(15)14-16-10-19(27(32,33)34)12-20(11-16)28(35,36)37/h8-13,15,17,23-24H,3-7,14H2,1-2H3/t15-,23+,24?/m1/s1. The SMILES string of the molecule is COC(c1ccc(C(F)(F)F)cc1[C@H]1OC(=O)N(Cc2cc(C(F)(F)F)cc(C(F)(F)F)c2)[C@@H]1C)C1CCCCC1. The van der Waals surface area contributed by atoms with Crippen LogP contribution in [0.1, 0.15) is 84.6 Å². The Labute approximate surface area is 230 Å². The van der Waals surface area contributed by atoms with Crippen LogP contribution in [0.3, 0.4) is 0 Å². The number of methoxy groups -OCH3 is 1. The zero-order chi connectivity index (χ0) is 30.3. The minimum atomic E-state index is -5.09. The second-order valence-corrected chi connectivity index (χ2v) is 10.5. The van der Waals surface area contributed by atoms with E-state index in [4.69, 9.17) is 9.47 Å². The summed E-state index contributed by atoms with van der Waals surface area (Å²) in [4.78, 5) is 13.8. The molecule has 41 heavy (non-hydrogen) atoms. The zero-order valence-electron chi connectivity index (χ0n) is 22.1. The molecule has 226 valence electrons. The van der Waals surface area contributed by atoms with Crippen LogP contribution in [0.2, 0.25) is 0 Å². The summed E-state index contributed by atoms with van der Waals surface area (Å²) < 4.78 is 132. The first-order valence-electron chi connectivity index (χ1n) is 13.0. The van der Waals surface area contributed by atoms with Crippen molar-refractivity contribution < 1.29 is 53.8 Å². The summed E-state index contributed by atoms with van der Waals surface area (Å²) in [5.74, 6) is -0.00125. The Balaban J connectivity index is 1.72. The normalized spacial score (nSPS) is 21.7. The monoisotopic (exact) mass is 597 g/mol. The van der Waals surface area contributed by atoms with Gasteiger partial charge in [0.15, 0.2) is 0 Å². The lowest BCUT2D eigenvalue weighted by atomic mass is 9.80. The van der Waals surface area contributed by atoms with Gasteiger partial charge in [0.25, 0.3) is 0 Å². The number of halogens is 9. The molecule has 0 radical (unpaired) electrons. The fourth-order valence-electron chi connectivity index (χ4n) is 5.71. The van der Waals surface area contributed by atoms with E-state index in [0.29, 0.717) is 17.7 Å². The molecule has 0 aromatic heterocycles. The molecular formula is C28H28F9NO3. The third kappa shape index (κ3) is 6.76. The quantitative estimate of drug-likeness (QED) is 0.312. The van der Waals surface area contributed by atoms with Gasteiger partial charge in [-0.05, 0) is 67.1 Å². The van der Waals surface area contributed by atoms with Crippen LogP contribution < -0.4 is 0 Å². The molecule has 0 N–H and O–H groups in total. The van der Waals surface area contributed by atoms with E-state index in [1.807, 2.05) is 0 Å². The van der Waals surface area contributed by atoms with Gasteiger partial charge in [-0.25, -0.2) is 4.79 Å². The van der Waals surface area contributed by atoms with E-state index in [-0.39, 0.29) is 17.5 Å². The summed E-state index contributed by atoms with van der Waals surface area (Å²) in [6.45, 7) is 0.731. The van der Waals surface area contributed by atoms with Crippen molar-refractivity contribution in [3.8, 4) is 0 Å². The molecule has 2 fully saturated rings. The number of carbonyl (C=O) groups excluding carboxylic acids is 1.